The van der Waals surface area contributed by atoms with E-state index in [2.05, 4.69) is 79.4 Å². The van der Waals surface area contributed by atoms with Crippen LogP contribution in [-0.4, -0.2) is 17.5 Å². The lowest BCUT2D eigenvalue weighted by molar-refractivity contribution is 0.161. The Morgan fingerprint density at radius 1 is 0.818 bits per heavy atom. The molecule has 0 bridgehead atoms. The normalized spacial score (nSPS) is 12.8. The average Bonchev–Trinajstić information content (AvgIpc) is 2.54. The van der Waals surface area contributed by atoms with Crippen molar-refractivity contribution in [2.24, 2.45) is 11.7 Å². The number of rotatable bonds is 8. The van der Waals surface area contributed by atoms with E-state index < -0.39 is 0 Å². The quantitative estimate of drug-likeness (QED) is 0.796. The fourth-order valence-electron chi connectivity index (χ4n) is 2.89. The summed E-state index contributed by atoms with van der Waals surface area (Å²) in [6, 6.07) is 21.8. The van der Waals surface area contributed by atoms with Crippen molar-refractivity contribution in [3.63, 3.8) is 0 Å². The molecule has 2 N–H and O–H groups in total. The van der Waals surface area contributed by atoms with Crippen molar-refractivity contribution in [1.82, 2.24) is 4.90 Å². The topological polar surface area (TPSA) is 29.3 Å². The van der Waals surface area contributed by atoms with Gasteiger partial charge in [-0.05, 0) is 23.5 Å². The molecule has 22 heavy (non-hydrogen) atoms. The molecule has 2 heteroatoms. The summed E-state index contributed by atoms with van der Waals surface area (Å²) in [5, 5.41) is 0. The summed E-state index contributed by atoms with van der Waals surface area (Å²) in [6.07, 6.45) is 1.14. The molecule has 2 aromatic rings. The molecule has 118 valence electrons. The molecule has 0 amide bonds. The van der Waals surface area contributed by atoms with Gasteiger partial charge >= 0.3 is 0 Å². The van der Waals surface area contributed by atoms with Crippen LogP contribution in [0.5, 0.6) is 0 Å². The second-order valence-corrected chi connectivity index (χ2v) is 6.40. The van der Waals surface area contributed by atoms with Gasteiger partial charge in [-0.1, -0.05) is 74.5 Å². The van der Waals surface area contributed by atoms with Crippen molar-refractivity contribution in [1.29, 1.82) is 0 Å². The van der Waals surface area contributed by atoms with Crippen LogP contribution in [0.25, 0.3) is 0 Å². The van der Waals surface area contributed by atoms with Crippen LogP contribution in [0.15, 0.2) is 60.7 Å². The van der Waals surface area contributed by atoms with Gasteiger partial charge in [-0.15, -0.1) is 0 Å². The molecule has 1 atom stereocenters. The van der Waals surface area contributed by atoms with Crippen LogP contribution in [-0.2, 0) is 13.1 Å². The summed E-state index contributed by atoms with van der Waals surface area (Å²) in [5.74, 6) is 0.655. The van der Waals surface area contributed by atoms with E-state index in [1.165, 1.54) is 11.1 Å². The standard InChI is InChI=1S/C20H28N2/c1-17(2)13-20(14-21)22(15-18-9-5-3-6-10-18)16-19-11-7-4-8-12-19/h3-12,17,20H,13-16,21H2,1-2H3/t20-/m1/s1. The number of hydrogen-bond acceptors (Lipinski definition) is 2. The molecule has 0 heterocycles. The zero-order valence-electron chi connectivity index (χ0n) is 13.8. The van der Waals surface area contributed by atoms with E-state index in [-0.39, 0.29) is 0 Å². The van der Waals surface area contributed by atoms with Gasteiger partial charge < -0.3 is 5.73 Å². The van der Waals surface area contributed by atoms with E-state index in [0.29, 0.717) is 18.5 Å². The van der Waals surface area contributed by atoms with Gasteiger partial charge in [0, 0.05) is 25.7 Å². The van der Waals surface area contributed by atoms with Gasteiger partial charge in [0.15, 0.2) is 0 Å². The van der Waals surface area contributed by atoms with Crippen molar-refractivity contribution in [3.8, 4) is 0 Å². The van der Waals surface area contributed by atoms with Gasteiger partial charge in [-0.3, -0.25) is 4.90 Å². The summed E-state index contributed by atoms with van der Waals surface area (Å²) in [6.45, 7) is 7.14. The van der Waals surface area contributed by atoms with Crippen LogP contribution in [0, 0.1) is 5.92 Å². The van der Waals surface area contributed by atoms with E-state index in [1.807, 2.05) is 0 Å². The molecular formula is C20H28N2. The molecule has 0 aromatic heterocycles. The predicted octanol–water partition coefficient (Wildman–Crippen LogP) is 4.06. The number of benzene rings is 2. The zero-order chi connectivity index (χ0) is 15.8. The van der Waals surface area contributed by atoms with E-state index in [0.717, 1.165) is 19.5 Å². The lowest BCUT2D eigenvalue weighted by Crippen LogP contribution is -2.40. The van der Waals surface area contributed by atoms with Crippen molar-refractivity contribution in [3.05, 3.63) is 71.8 Å². The minimum Gasteiger partial charge on any atom is -0.329 e. The van der Waals surface area contributed by atoms with Crippen LogP contribution in [0.4, 0.5) is 0 Å². The molecule has 2 nitrogen and oxygen atoms in total. The molecule has 0 aliphatic heterocycles. The van der Waals surface area contributed by atoms with Crippen LogP contribution in [0.1, 0.15) is 31.4 Å². The highest BCUT2D eigenvalue weighted by molar-refractivity contribution is 5.17. The second-order valence-electron chi connectivity index (χ2n) is 6.40. The Hall–Kier alpha value is -1.64. The maximum Gasteiger partial charge on any atom is 0.0240 e. The highest BCUT2D eigenvalue weighted by atomic mass is 15.2. The van der Waals surface area contributed by atoms with Gasteiger partial charge in [0.05, 0.1) is 0 Å². The first-order valence-electron chi connectivity index (χ1n) is 8.21. The SMILES string of the molecule is CC(C)C[C@H](CN)N(Cc1ccccc1)Cc1ccccc1. The molecule has 0 saturated carbocycles. The molecule has 0 fully saturated rings. The summed E-state index contributed by atoms with van der Waals surface area (Å²) in [5.41, 5.74) is 8.78. The maximum atomic E-state index is 6.09. The minimum atomic E-state index is 0.417. The van der Waals surface area contributed by atoms with Crippen LogP contribution in [0.2, 0.25) is 0 Å². The Morgan fingerprint density at radius 3 is 1.64 bits per heavy atom. The lowest BCUT2D eigenvalue weighted by atomic mass is 10.0. The molecule has 0 aliphatic carbocycles. The fraction of sp³-hybridized carbons (Fsp3) is 0.400. The van der Waals surface area contributed by atoms with E-state index >= 15 is 0 Å². The second kappa shape index (κ2) is 8.72. The summed E-state index contributed by atoms with van der Waals surface area (Å²) in [4.78, 5) is 2.52. The number of hydrogen-bond donors (Lipinski definition) is 1. The minimum absolute atomic E-state index is 0.417. The predicted molar refractivity (Wildman–Crippen MR) is 94.4 cm³/mol. The van der Waals surface area contributed by atoms with Crippen LogP contribution in [0.3, 0.4) is 0 Å². The van der Waals surface area contributed by atoms with Crippen molar-refractivity contribution in [2.45, 2.75) is 39.4 Å². The lowest BCUT2D eigenvalue weighted by Gasteiger charge is -2.32. The van der Waals surface area contributed by atoms with Gasteiger partial charge in [-0.25, -0.2) is 0 Å². The number of nitrogens with zero attached hydrogens (tertiary/aromatic N) is 1. The first-order valence-corrected chi connectivity index (χ1v) is 8.21. The average molecular weight is 296 g/mol. The molecule has 0 aliphatic rings. The molecule has 0 spiro atoms. The van der Waals surface area contributed by atoms with Crippen molar-refractivity contribution < 1.29 is 0 Å². The zero-order valence-corrected chi connectivity index (χ0v) is 13.8. The van der Waals surface area contributed by atoms with Gasteiger partial charge in [0.2, 0.25) is 0 Å². The Labute approximate surface area is 135 Å². The van der Waals surface area contributed by atoms with E-state index in [4.69, 9.17) is 5.73 Å². The van der Waals surface area contributed by atoms with Crippen LogP contribution < -0.4 is 5.73 Å². The molecule has 0 saturated heterocycles. The summed E-state index contributed by atoms with van der Waals surface area (Å²) < 4.78 is 0. The monoisotopic (exact) mass is 296 g/mol. The molecule has 0 radical (unpaired) electrons. The Morgan fingerprint density at radius 2 is 1.27 bits per heavy atom. The molecule has 2 aromatic carbocycles. The van der Waals surface area contributed by atoms with Crippen LogP contribution >= 0.6 is 0 Å². The highest BCUT2D eigenvalue weighted by Crippen LogP contribution is 2.17. The highest BCUT2D eigenvalue weighted by Gasteiger charge is 2.19. The van der Waals surface area contributed by atoms with E-state index in [1.54, 1.807) is 0 Å². The fourth-order valence-corrected chi connectivity index (χ4v) is 2.89. The first-order chi connectivity index (χ1) is 10.7. The first kappa shape index (κ1) is 16.7. The third-order valence-corrected chi connectivity index (χ3v) is 3.99. The molecule has 0 unspecified atom stereocenters. The van der Waals surface area contributed by atoms with E-state index in [9.17, 15) is 0 Å². The van der Waals surface area contributed by atoms with Gasteiger partial charge in [0.1, 0.15) is 0 Å². The molecular weight excluding hydrogens is 268 g/mol. The third-order valence-electron chi connectivity index (χ3n) is 3.99. The number of nitrogens with two attached hydrogens (primary N) is 1. The largest absolute Gasteiger partial charge is 0.329 e. The Balaban J connectivity index is 2.15. The Bertz CT molecular complexity index is 480. The van der Waals surface area contributed by atoms with Gasteiger partial charge in [0.25, 0.3) is 0 Å². The maximum absolute atomic E-state index is 6.09. The Kier molecular flexibility index (Phi) is 6.63. The summed E-state index contributed by atoms with van der Waals surface area (Å²) in [7, 11) is 0. The third kappa shape index (κ3) is 5.28. The van der Waals surface area contributed by atoms with Gasteiger partial charge in [-0.2, -0.15) is 0 Å². The summed E-state index contributed by atoms with van der Waals surface area (Å²) >= 11 is 0. The van der Waals surface area contributed by atoms with Crippen molar-refractivity contribution >= 4 is 0 Å². The molecule has 2 rings (SSSR count). The van der Waals surface area contributed by atoms with Crippen molar-refractivity contribution in [2.75, 3.05) is 6.54 Å². The smallest absolute Gasteiger partial charge is 0.0240 e.